The second-order valence-electron chi connectivity index (χ2n) is 4.60. The highest BCUT2D eigenvalue weighted by Crippen LogP contribution is 2.28. The van der Waals surface area contributed by atoms with E-state index in [1.807, 2.05) is 30.3 Å². The van der Waals surface area contributed by atoms with E-state index >= 15 is 0 Å². The van der Waals surface area contributed by atoms with Crippen molar-refractivity contribution >= 4 is 26.7 Å². The average molecular weight is 331 g/mol. The number of hydrogen-bond acceptors (Lipinski definition) is 2. The molecule has 1 aromatic heterocycles. The number of nitrogens with zero attached hydrogens (tertiary/aromatic N) is 1. The Hall–Kier alpha value is -1.78. The zero-order valence-corrected chi connectivity index (χ0v) is 12.1. The van der Waals surface area contributed by atoms with Gasteiger partial charge in [0.25, 0.3) is 0 Å². The first-order chi connectivity index (χ1) is 9.66. The molecular weight excluding hydrogens is 319 g/mol. The summed E-state index contributed by atoms with van der Waals surface area (Å²) in [7, 11) is 0. The van der Waals surface area contributed by atoms with Gasteiger partial charge in [-0.15, -0.1) is 0 Å². The van der Waals surface area contributed by atoms with Gasteiger partial charge in [-0.2, -0.15) is 0 Å². The molecule has 0 aliphatic carbocycles. The molecule has 0 amide bonds. The van der Waals surface area contributed by atoms with Gasteiger partial charge in [0.2, 0.25) is 0 Å². The van der Waals surface area contributed by atoms with Gasteiger partial charge in [-0.3, -0.25) is 4.98 Å². The third kappa shape index (κ3) is 2.32. The summed E-state index contributed by atoms with van der Waals surface area (Å²) in [6.07, 6.45) is 3.54. The minimum atomic E-state index is -0.384. The maximum atomic E-state index is 13.7. The quantitative estimate of drug-likeness (QED) is 0.765. The summed E-state index contributed by atoms with van der Waals surface area (Å²) in [5.74, 6) is -0.309. The molecule has 2 aromatic carbocycles. The van der Waals surface area contributed by atoms with E-state index in [0.29, 0.717) is 4.47 Å². The number of hydrogen-bond donors (Lipinski definition) is 1. The van der Waals surface area contributed by atoms with Crippen molar-refractivity contribution in [3.05, 3.63) is 76.3 Å². The molecule has 0 bridgehead atoms. The van der Waals surface area contributed by atoms with Crippen LogP contribution in [0, 0.1) is 5.82 Å². The lowest BCUT2D eigenvalue weighted by atomic mass is 9.95. The van der Waals surface area contributed by atoms with Crippen molar-refractivity contribution in [3.63, 3.8) is 0 Å². The summed E-state index contributed by atoms with van der Waals surface area (Å²) < 4.78 is 14.1. The number of pyridine rings is 1. The number of nitrogens with two attached hydrogens (primary N) is 1. The largest absolute Gasteiger partial charge is 0.320 e. The highest BCUT2D eigenvalue weighted by atomic mass is 79.9. The zero-order valence-electron chi connectivity index (χ0n) is 10.6. The molecular formula is C16H12BrFN2. The highest BCUT2D eigenvalue weighted by molar-refractivity contribution is 9.10. The Labute approximate surface area is 124 Å². The molecule has 0 aliphatic rings. The summed E-state index contributed by atoms with van der Waals surface area (Å²) in [5.41, 5.74) is 7.97. The van der Waals surface area contributed by atoms with Gasteiger partial charge < -0.3 is 5.73 Å². The molecule has 1 unspecified atom stereocenters. The monoisotopic (exact) mass is 330 g/mol. The second kappa shape index (κ2) is 5.31. The molecule has 1 heterocycles. The Balaban J connectivity index is 2.12. The first kappa shape index (κ1) is 13.2. The van der Waals surface area contributed by atoms with E-state index in [0.717, 1.165) is 21.9 Å². The van der Waals surface area contributed by atoms with Gasteiger partial charge in [0, 0.05) is 17.8 Å². The summed E-state index contributed by atoms with van der Waals surface area (Å²) in [6.45, 7) is 0. The van der Waals surface area contributed by atoms with Crippen LogP contribution in [0.3, 0.4) is 0 Å². The van der Waals surface area contributed by atoms with Crippen LogP contribution < -0.4 is 5.73 Å². The fourth-order valence-corrected chi connectivity index (χ4v) is 2.54. The van der Waals surface area contributed by atoms with Crippen LogP contribution in [0.2, 0.25) is 0 Å². The predicted molar refractivity (Wildman–Crippen MR) is 81.9 cm³/mol. The van der Waals surface area contributed by atoms with Crippen molar-refractivity contribution in [2.75, 3.05) is 0 Å². The van der Waals surface area contributed by atoms with Crippen LogP contribution in [0.25, 0.3) is 10.8 Å². The smallest absolute Gasteiger partial charge is 0.137 e. The van der Waals surface area contributed by atoms with Gasteiger partial charge in [-0.1, -0.05) is 24.3 Å². The fourth-order valence-electron chi connectivity index (χ4n) is 2.29. The molecule has 0 saturated heterocycles. The molecule has 3 aromatic rings. The maximum Gasteiger partial charge on any atom is 0.137 e. The molecule has 0 saturated carbocycles. The van der Waals surface area contributed by atoms with Gasteiger partial charge in [0.15, 0.2) is 0 Å². The van der Waals surface area contributed by atoms with Gasteiger partial charge in [-0.25, -0.2) is 4.39 Å². The van der Waals surface area contributed by atoms with E-state index in [4.69, 9.17) is 5.73 Å². The van der Waals surface area contributed by atoms with Crippen LogP contribution in [0.15, 0.2) is 59.3 Å². The van der Waals surface area contributed by atoms with Crippen molar-refractivity contribution in [1.82, 2.24) is 4.98 Å². The first-order valence-electron chi connectivity index (χ1n) is 6.20. The fraction of sp³-hybridized carbons (Fsp3) is 0.0625. The van der Waals surface area contributed by atoms with Crippen LogP contribution >= 0.6 is 15.9 Å². The second-order valence-corrected chi connectivity index (χ2v) is 5.45. The molecule has 0 radical (unpaired) electrons. The predicted octanol–water partition coefficient (Wildman–Crippen LogP) is 4.18. The van der Waals surface area contributed by atoms with Gasteiger partial charge in [0.1, 0.15) is 5.82 Å². The normalized spacial score (nSPS) is 12.6. The summed E-state index contributed by atoms with van der Waals surface area (Å²) in [4.78, 5) is 4.14. The Morgan fingerprint density at radius 2 is 2.00 bits per heavy atom. The lowest BCUT2D eigenvalue weighted by Gasteiger charge is -2.15. The average Bonchev–Trinajstić information content (AvgIpc) is 2.49. The lowest BCUT2D eigenvalue weighted by molar-refractivity contribution is 0.617. The summed E-state index contributed by atoms with van der Waals surface area (Å²) >= 11 is 3.15. The third-order valence-electron chi connectivity index (χ3n) is 3.36. The summed E-state index contributed by atoms with van der Waals surface area (Å²) in [6, 6.07) is 12.4. The Bertz CT molecular complexity index is 768. The first-order valence-corrected chi connectivity index (χ1v) is 6.99. The molecule has 3 rings (SSSR count). The molecule has 2 N–H and O–H groups in total. The van der Waals surface area contributed by atoms with Crippen molar-refractivity contribution < 1.29 is 4.39 Å². The molecule has 1 atom stereocenters. The standard InChI is InChI=1S/C16H12BrFN2/c17-14-5-4-11(8-15(14)18)16(19)12-3-1-2-10-6-7-20-9-13(10)12/h1-9,16H,19H2. The van der Waals surface area contributed by atoms with E-state index in [-0.39, 0.29) is 11.9 Å². The molecule has 2 nitrogen and oxygen atoms in total. The van der Waals surface area contributed by atoms with Crippen molar-refractivity contribution in [2.24, 2.45) is 5.73 Å². The number of rotatable bonds is 2. The zero-order chi connectivity index (χ0) is 14.1. The number of fused-ring (bicyclic) bond motifs is 1. The molecule has 0 fully saturated rings. The Morgan fingerprint density at radius 3 is 2.80 bits per heavy atom. The van der Waals surface area contributed by atoms with Crippen LogP contribution in [-0.2, 0) is 0 Å². The van der Waals surface area contributed by atoms with Crippen molar-refractivity contribution in [1.29, 1.82) is 0 Å². The minimum absolute atomic E-state index is 0.309. The van der Waals surface area contributed by atoms with E-state index in [9.17, 15) is 4.39 Å². The van der Waals surface area contributed by atoms with E-state index < -0.39 is 0 Å². The maximum absolute atomic E-state index is 13.7. The van der Waals surface area contributed by atoms with E-state index in [2.05, 4.69) is 20.9 Å². The topological polar surface area (TPSA) is 38.9 Å². The summed E-state index contributed by atoms with van der Waals surface area (Å²) in [5, 5.41) is 2.07. The van der Waals surface area contributed by atoms with Crippen molar-refractivity contribution in [2.45, 2.75) is 6.04 Å². The SMILES string of the molecule is NC(c1ccc(Br)c(F)c1)c1cccc2ccncc12. The van der Waals surface area contributed by atoms with Crippen LogP contribution in [-0.4, -0.2) is 4.98 Å². The van der Waals surface area contributed by atoms with E-state index in [1.54, 1.807) is 18.5 Å². The number of halogens is 2. The van der Waals surface area contributed by atoms with Crippen molar-refractivity contribution in [3.8, 4) is 0 Å². The van der Waals surface area contributed by atoms with Crippen LogP contribution in [0.4, 0.5) is 4.39 Å². The number of benzene rings is 2. The molecule has 100 valence electrons. The highest BCUT2D eigenvalue weighted by Gasteiger charge is 2.13. The number of aromatic nitrogens is 1. The van der Waals surface area contributed by atoms with Gasteiger partial charge in [-0.05, 0) is 50.6 Å². The molecule has 20 heavy (non-hydrogen) atoms. The van der Waals surface area contributed by atoms with Gasteiger partial charge >= 0.3 is 0 Å². The van der Waals surface area contributed by atoms with Gasteiger partial charge in [0.05, 0.1) is 10.5 Å². The Kier molecular flexibility index (Phi) is 3.51. The van der Waals surface area contributed by atoms with E-state index in [1.165, 1.54) is 6.07 Å². The molecule has 0 aliphatic heterocycles. The minimum Gasteiger partial charge on any atom is -0.320 e. The lowest BCUT2D eigenvalue weighted by Crippen LogP contribution is -2.12. The Morgan fingerprint density at radius 1 is 1.15 bits per heavy atom. The molecule has 4 heteroatoms. The third-order valence-corrected chi connectivity index (χ3v) is 4.00. The van der Waals surface area contributed by atoms with Crippen LogP contribution in [0.5, 0.6) is 0 Å². The molecule has 0 spiro atoms. The van der Waals surface area contributed by atoms with Crippen LogP contribution in [0.1, 0.15) is 17.2 Å².